The largest absolute Gasteiger partial charge is 0.493 e. The van der Waals surface area contributed by atoms with Gasteiger partial charge in [-0.1, -0.05) is 29.8 Å². The van der Waals surface area contributed by atoms with Gasteiger partial charge in [0.1, 0.15) is 0 Å². The van der Waals surface area contributed by atoms with E-state index in [0.29, 0.717) is 34.4 Å². The molecule has 0 saturated heterocycles. The Morgan fingerprint density at radius 3 is 2.40 bits per heavy atom. The van der Waals surface area contributed by atoms with Crippen LogP contribution in [-0.4, -0.2) is 38.9 Å². The van der Waals surface area contributed by atoms with Gasteiger partial charge in [-0.25, -0.2) is 10.2 Å². The number of amides is 1. The van der Waals surface area contributed by atoms with Crippen LogP contribution in [0.25, 0.3) is 0 Å². The Hall–Kier alpha value is -4.04. The van der Waals surface area contributed by atoms with E-state index in [1.165, 1.54) is 13.3 Å². The van der Waals surface area contributed by atoms with E-state index < -0.39 is 5.97 Å². The number of rotatable bonds is 10. The molecule has 0 bridgehead atoms. The summed E-state index contributed by atoms with van der Waals surface area (Å²) >= 11 is 6.08. The zero-order valence-corrected chi connectivity index (χ0v) is 20.3. The van der Waals surface area contributed by atoms with Gasteiger partial charge in [0.25, 0.3) is 0 Å². The number of carbonyl (C=O) groups excluding carboxylic acids is 2. The number of ether oxygens (including phenoxy) is 4. The average molecular weight is 497 g/mol. The molecule has 0 radical (unpaired) electrons. The Kier molecular flexibility index (Phi) is 9.09. The lowest BCUT2D eigenvalue weighted by Gasteiger charge is -2.12. The Balaban J connectivity index is 1.65. The Labute approximate surface area is 208 Å². The lowest BCUT2D eigenvalue weighted by molar-refractivity contribution is -0.120. The minimum atomic E-state index is -0.597. The highest BCUT2D eigenvalue weighted by Crippen LogP contribution is 2.30. The van der Waals surface area contributed by atoms with Crippen LogP contribution >= 0.6 is 11.6 Å². The maximum Gasteiger partial charge on any atom is 0.345 e. The molecule has 3 rings (SSSR count). The molecule has 0 spiro atoms. The van der Waals surface area contributed by atoms with E-state index in [1.807, 2.05) is 6.92 Å². The average Bonchev–Trinajstić information content (AvgIpc) is 2.85. The van der Waals surface area contributed by atoms with E-state index in [9.17, 15) is 9.59 Å². The molecule has 8 nitrogen and oxygen atoms in total. The highest BCUT2D eigenvalue weighted by Gasteiger charge is 2.15. The lowest BCUT2D eigenvalue weighted by Crippen LogP contribution is -2.19. The first-order valence-corrected chi connectivity index (χ1v) is 11.1. The van der Waals surface area contributed by atoms with Crippen molar-refractivity contribution in [2.45, 2.75) is 13.3 Å². The number of hydrazone groups is 1. The van der Waals surface area contributed by atoms with Crippen molar-refractivity contribution in [3.63, 3.8) is 0 Å². The minimum absolute atomic E-state index is 0.110. The summed E-state index contributed by atoms with van der Waals surface area (Å²) in [5, 5.41) is 4.30. The third-order valence-corrected chi connectivity index (χ3v) is 5.11. The molecular formula is C26H25ClN2O6. The van der Waals surface area contributed by atoms with Gasteiger partial charge in [-0.15, -0.1) is 0 Å². The second-order valence-corrected chi connectivity index (χ2v) is 7.58. The highest BCUT2D eigenvalue weighted by molar-refractivity contribution is 6.33. The van der Waals surface area contributed by atoms with Crippen LogP contribution in [0, 0.1) is 0 Å². The predicted molar refractivity (Wildman–Crippen MR) is 133 cm³/mol. The zero-order chi connectivity index (χ0) is 25.2. The Morgan fingerprint density at radius 2 is 1.69 bits per heavy atom. The van der Waals surface area contributed by atoms with Crippen molar-refractivity contribution in [3.8, 4) is 23.0 Å². The van der Waals surface area contributed by atoms with E-state index in [0.717, 1.165) is 5.56 Å². The summed E-state index contributed by atoms with van der Waals surface area (Å²) in [6.07, 6.45) is 1.58. The first-order chi connectivity index (χ1) is 16.9. The molecule has 0 saturated carbocycles. The first kappa shape index (κ1) is 25.6. The Bertz CT molecular complexity index is 1230. The van der Waals surface area contributed by atoms with Gasteiger partial charge in [-0.3, -0.25) is 4.79 Å². The fourth-order valence-electron chi connectivity index (χ4n) is 3.13. The number of hydrogen-bond donors (Lipinski definition) is 1. The van der Waals surface area contributed by atoms with Crippen LogP contribution in [0.5, 0.6) is 23.0 Å². The molecule has 9 heteroatoms. The van der Waals surface area contributed by atoms with E-state index >= 15 is 0 Å². The van der Waals surface area contributed by atoms with Crippen molar-refractivity contribution in [1.82, 2.24) is 5.43 Å². The standard InChI is InChI=1S/C26H25ClN2O6/c1-4-34-24-14-18(10-12-22(24)35-26(31)19-7-5-6-8-20(19)27)16-28-29-25(30)15-17-9-11-21(32-2)23(13-17)33-3/h5-14,16H,4,15H2,1-3H3,(H,29,30)/b28-16-. The molecule has 0 aliphatic heterocycles. The van der Waals surface area contributed by atoms with Crippen LogP contribution < -0.4 is 24.4 Å². The summed E-state index contributed by atoms with van der Waals surface area (Å²) < 4.78 is 21.6. The molecule has 1 amide bonds. The summed E-state index contributed by atoms with van der Waals surface area (Å²) in [6.45, 7) is 2.17. The smallest absolute Gasteiger partial charge is 0.345 e. The lowest BCUT2D eigenvalue weighted by atomic mass is 10.1. The molecule has 0 aromatic heterocycles. The van der Waals surface area contributed by atoms with Crippen LogP contribution in [0.15, 0.2) is 65.8 Å². The van der Waals surface area contributed by atoms with Gasteiger partial charge in [0.05, 0.1) is 44.0 Å². The van der Waals surface area contributed by atoms with Crippen LogP contribution in [-0.2, 0) is 11.2 Å². The number of nitrogens with zero attached hydrogens (tertiary/aromatic N) is 1. The van der Waals surface area contributed by atoms with E-state index in [2.05, 4.69) is 10.5 Å². The SMILES string of the molecule is CCOc1cc(/C=N\NC(=O)Cc2ccc(OC)c(OC)c2)ccc1OC(=O)c1ccccc1Cl. The third kappa shape index (κ3) is 6.97. The summed E-state index contributed by atoms with van der Waals surface area (Å²) in [4.78, 5) is 24.8. The van der Waals surface area contributed by atoms with Crippen molar-refractivity contribution >= 4 is 29.7 Å². The molecular weight excluding hydrogens is 472 g/mol. The van der Waals surface area contributed by atoms with Crippen LogP contribution in [0.3, 0.4) is 0 Å². The van der Waals surface area contributed by atoms with Crippen molar-refractivity contribution in [2.24, 2.45) is 5.10 Å². The topological polar surface area (TPSA) is 95.5 Å². The number of hydrogen-bond acceptors (Lipinski definition) is 7. The summed E-state index contributed by atoms with van der Waals surface area (Å²) in [6, 6.07) is 16.8. The Morgan fingerprint density at radius 1 is 0.943 bits per heavy atom. The zero-order valence-electron chi connectivity index (χ0n) is 19.5. The second-order valence-electron chi connectivity index (χ2n) is 7.17. The quantitative estimate of drug-likeness (QED) is 0.190. The van der Waals surface area contributed by atoms with E-state index in [1.54, 1.807) is 67.8 Å². The molecule has 0 fully saturated rings. The van der Waals surface area contributed by atoms with Crippen molar-refractivity contribution in [3.05, 3.63) is 82.4 Å². The van der Waals surface area contributed by atoms with Gasteiger partial charge in [0, 0.05) is 0 Å². The molecule has 0 heterocycles. The number of halogens is 1. The molecule has 0 atom stereocenters. The fraction of sp³-hybridized carbons (Fsp3) is 0.192. The molecule has 0 aliphatic rings. The van der Waals surface area contributed by atoms with Gasteiger partial charge < -0.3 is 18.9 Å². The summed E-state index contributed by atoms with van der Waals surface area (Å²) in [5.74, 6) is 0.824. The summed E-state index contributed by atoms with van der Waals surface area (Å²) in [7, 11) is 3.08. The molecule has 182 valence electrons. The van der Waals surface area contributed by atoms with E-state index in [-0.39, 0.29) is 23.6 Å². The fourth-order valence-corrected chi connectivity index (χ4v) is 3.35. The van der Waals surface area contributed by atoms with Gasteiger partial charge >= 0.3 is 5.97 Å². The van der Waals surface area contributed by atoms with Crippen LogP contribution in [0.2, 0.25) is 5.02 Å². The first-order valence-electron chi connectivity index (χ1n) is 10.7. The number of nitrogens with one attached hydrogen (secondary N) is 1. The molecule has 35 heavy (non-hydrogen) atoms. The molecule has 3 aromatic carbocycles. The third-order valence-electron chi connectivity index (χ3n) is 4.78. The highest BCUT2D eigenvalue weighted by atomic mass is 35.5. The molecule has 0 aliphatic carbocycles. The monoisotopic (exact) mass is 496 g/mol. The van der Waals surface area contributed by atoms with Gasteiger partial charge in [-0.05, 0) is 60.5 Å². The van der Waals surface area contributed by atoms with Crippen LogP contribution in [0.1, 0.15) is 28.4 Å². The van der Waals surface area contributed by atoms with E-state index in [4.69, 9.17) is 30.5 Å². The normalized spacial score (nSPS) is 10.6. The molecule has 3 aromatic rings. The maximum absolute atomic E-state index is 12.5. The number of benzene rings is 3. The minimum Gasteiger partial charge on any atom is -0.493 e. The van der Waals surface area contributed by atoms with Gasteiger partial charge in [0.2, 0.25) is 5.91 Å². The number of carbonyl (C=O) groups is 2. The van der Waals surface area contributed by atoms with Crippen molar-refractivity contribution in [2.75, 3.05) is 20.8 Å². The maximum atomic E-state index is 12.5. The van der Waals surface area contributed by atoms with Gasteiger partial charge in [-0.2, -0.15) is 5.10 Å². The second kappa shape index (κ2) is 12.4. The number of methoxy groups -OCH3 is 2. The van der Waals surface area contributed by atoms with Crippen molar-refractivity contribution < 1.29 is 28.5 Å². The number of esters is 1. The molecule has 1 N–H and O–H groups in total. The summed E-state index contributed by atoms with van der Waals surface area (Å²) in [5.41, 5.74) is 4.12. The van der Waals surface area contributed by atoms with Gasteiger partial charge in [0.15, 0.2) is 23.0 Å². The van der Waals surface area contributed by atoms with Crippen LogP contribution in [0.4, 0.5) is 0 Å². The molecule has 0 unspecified atom stereocenters. The predicted octanol–water partition coefficient (Wildman–Crippen LogP) is 4.67. The van der Waals surface area contributed by atoms with Crippen molar-refractivity contribution in [1.29, 1.82) is 0 Å².